The van der Waals surface area contributed by atoms with Crippen LogP contribution in [-0.2, 0) is 0 Å². The third-order valence-corrected chi connectivity index (χ3v) is 4.44. The number of ketones is 1. The highest BCUT2D eigenvalue weighted by Gasteiger charge is 2.21. The number of carbonyl (C=O) groups is 1. The molecule has 1 aliphatic heterocycles. The lowest BCUT2D eigenvalue weighted by Gasteiger charge is -2.33. The van der Waals surface area contributed by atoms with Gasteiger partial charge in [-0.2, -0.15) is 0 Å². The number of anilines is 1. The molecule has 0 radical (unpaired) electrons. The summed E-state index contributed by atoms with van der Waals surface area (Å²) in [6.45, 7) is 6.41. The molecule has 2 rings (SSSR count). The first kappa shape index (κ1) is 16.0. The first-order chi connectivity index (χ1) is 9.88. The SMILES string of the molecule is CC(=O)c1cc(F)c(C)cc1N(C)CC1CCN(C)CC1. The first-order valence-corrected chi connectivity index (χ1v) is 7.59. The van der Waals surface area contributed by atoms with Crippen LogP contribution in [0.15, 0.2) is 12.1 Å². The summed E-state index contributed by atoms with van der Waals surface area (Å²) in [5, 5.41) is 0. The number of nitrogens with zero attached hydrogens (tertiary/aromatic N) is 2. The van der Waals surface area contributed by atoms with Crippen molar-refractivity contribution in [2.45, 2.75) is 26.7 Å². The number of halogens is 1. The molecule has 0 saturated carbocycles. The van der Waals surface area contributed by atoms with Crippen LogP contribution >= 0.6 is 0 Å². The standard InChI is InChI=1S/C17H25FN2O/c1-12-9-17(15(13(2)21)10-16(12)18)20(4)11-14-5-7-19(3)8-6-14/h9-10,14H,5-8,11H2,1-4H3. The van der Waals surface area contributed by atoms with E-state index in [0.29, 0.717) is 17.0 Å². The molecule has 1 aliphatic rings. The molecule has 1 saturated heterocycles. The number of benzene rings is 1. The van der Waals surface area contributed by atoms with Gasteiger partial charge in [0.2, 0.25) is 0 Å². The van der Waals surface area contributed by atoms with Crippen LogP contribution in [0.1, 0.15) is 35.7 Å². The lowest BCUT2D eigenvalue weighted by atomic mass is 9.96. The molecule has 0 amide bonds. The van der Waals surface area contributed by atoms with Crippen LogP contribution in [0.3, 0.4) is 0 Å². The van der Waals surface area contributed by atoms with Crippen LogP contribution in [0.25, 0.3) is 0 Å². The van der Waals surface area contributed by atoms with Crippen LogP contribution in [0, 0.1) is 18.7 Å². The third kappa shape index (κ3) is 3.82. The van der Waals surface area contributed by atoms with E-state index in [1.54, 1.807) is 13.0 Å². The predicted molar refractivity (Wildman–Crippen MR) is 84.6 cm³/mol. The van der Waals surface area contributed by atoms with Gasteiger partial charge < -0.3 is 9.80 Å². The van der Waals surface area contributed by atoms with Crippen molar-refractivity contribution in [2.75, 3.05) is 38.6 Å². The normalized spacial score (nSPS) is 17.0. The minimum absolute atomic E-state index is 0.0841. The Hall–Kier alpha value is -1.42. The van der Waals surface area contributed by atoms with E-state index >= 15 is 0 Å². The summed E-state index contributed by atoms with van der Waals surface area (Å²) in [7, 11) is 4.15. The van der Waals surface area contributed by atoms with Gasteiger partial charge in [0, 0.05) is 24.8 Å². The zero-order chi connectivity index (χ0) is 15.6. The molecular weight excluding hydrogens is 267 g/mol. The zero-order valence-corrected chi connectivity index (χ0v) is 13.4. The van der Waals surface area contributed by atoms with E-state index in [9.17, 15) is 9.18 Å². The topological polar surface area (TPSA) is 23.6 Å². The van der Waals surface area contributed by atoms with Crippen molar-refractivity contribution < 1.29 is 9.18 Å². The van der Waals surface area contributed by atoms with Crippen molar-refractivity contribution in [3.8, 4) is 0 Å². The zero-order valence-electron chi connectivity index (χ0n) is 13.4. The van der Waals surface area contributed by atoms with Gasteiger partial charge in [0.15, 0.2) is 5.78 Å². The molecule has 0 aromatic heterocycles. The van der Waals surface area contributed by atoms with E-state index in [4.69, 9.17) is 0 Å². The van der Waals surface area contributed by atoms with Crippen LogP contribution < -0.4 is 4.90 Å². The number of piperidine rings is 1. The summed E-state index contributed by atoms with van der Waals surface area (Å²) < 4.78 is 13.7. The molecular formula is C17H25FN2O. The molecule has 1 aromatic carbocycles. The van der Waals surface area contributed by atoms with Gasteiger partial charge in [-0.15, -0.1) is 0 Å². The summed E-state index contributed by atoms with van der Waals surface area (Å²) in [4.78, 5) is 16.2. The Balaban J connectivity index is 2.16. The van der Waals surface area contributed by atoms with Gasteiger partial charge in [-0.05, 0) is 70.4 Å². The summed E-state index contributed by atoms with van der Waals surface area (Å²) >= 11 is 0. The second-order valence-corrected chi connectivity index (χ2v) is 6.30. The van der Waals surface area contributed by atoms with Gasteiger partial charge in [-0.25, -0.2) is 4.39 Å². The molecule has 1 aromatic rings. The number of aryl methyl sites for hydroxylation is 1. The van der Waals surface area contributed by atoms with Crippen LogP contribution in [-0.4, -0.2) is 44.4 Å². The van der Waals surface area contributed by atoms with Gasteiger partial charge in [0.1, 0.15) is 5.82 Å². The van der Waals surface area contributed by atoms with E-state index in [2.05, 4.69) is 16.8 Å². The Morgan fingerprint density at radius 3 is 2.57 bits per heavy atom. The fourth-order valence-electron chi connectivity index (χ4n) is 2.99. The Morgan fingerprint density at radius 1 is 1.38 bits per heavy atom. The number of hydrogen-bond donors (Lipinski definition) is 0. The second-order valence-electron chi connectivity index (χ2n) is 6.30. The molecule has 3 nitrogen and oxygen atoms in total. The quantitative estimate of drug-likeness (QED) is 0.797. The first-order valence-electron chi connectivity index (χ1n) is 7.59. The van der Waals surface area contributed by atoms with Crippen LogP contribution in [0.5, 0.6) is 0 Å². The Kier molecular flexibility index (Phi) is 4.99. The van der Waals surface area contributed by atoms with Crippen LogP contribution in [0.2, 0.25) is 0 Å². The molecule has 4 heteroatoms. The number of rotatable bonds is 4. The van der Waals surface area contributed by atoms with Gasteiger partial charge in [0.05, 0.1) is 0 Å². The van der Waals surface area contributed by atoms with E-state index in [-0.39, 0.29) is 11.6 Å². The Labute approximate surface area is 126 Å². The second kappa shape index (κ2) is 6.56. The molecule has 0 N–H and O–H groups in total. The van der Waals surface area contributed by atoms with E-state index in [0.717, 1.165) is 25.3 Å². The average Bonchev–Trinajstić information content (AvgIpc) is 2.43. The smallest absolute Gasteiger partial charge is 0.161 e. The molecule has 21 heavy (non-hydrogen) atoms. The molecule has 0 unspecified atom stereocenters. The van der Waals surface area contributed by atoms with Gasteiger partial charge in [-0.3, -0.25) is 4.79 Å². The lowest BCUT2D eigenvalue weighted by Crippen LogP contribution is -2.36. The summed E-state index contributed by atoms with van der Waals surface area (Å²) in [5.41, 5.74) is 1.92. The van der Waals surface area contributed by atoms with Crippen LogP contribution in [0.4, 0.5) is 10.1 Å². The molecule has 1 fully saturated rings. The summed E-state index contributed by atoms with van der Waals surface area (Å²) in [6, 6.07) is 3.17. The highest BCUT2D eigenvalue weighted by molar-refractivity contribution is 5.99. The average molecular weight is 292 g/mol. The van der Waals surface area contributed by atoms with E-state index in [1.807, 2.05) is 7.05 Å². The number of likely N-dealkylation sites (tertiary alicyclic amines) is 1. The molecule has 0 spiro atoms. The number of Topliss-reactive ketones (excluding diaryl/α,β-unsaturated/α-hetero) is 1. The van der Waals surface area contributed by atoms with E-state index < -0.39 is 0 Å². The van der Waals surface area contributed by atoms with E-state index in [1.165, 1.54) is 25.8 Å². The summed E-state index contributed by atoms with van der Waals surface area (Å²) in [5.74, 6) is 0.243. The Bertz CT molecular complexity index is 522. The molecule has 116 valence electrons. The highest BCUT2D eigenvalue weighted by Crippen LogP contribution is 2.26. The fourth-order valence-corrected chi connectivity index (χ4v) is 2.99. The molecule has 0 atom stereocenters. The maximum Gasteiger partial charge on any atom is 0.161 e. The van der Waals surface area contributed by atoms with Crippen molar-refractivity contribution >= 4 is 11.5 Å². The van der Waals surface area contributed by atoms with Crippen molar-refractivity contribution in [1.29, 1.82) is 0 Å². The molecule has 0 aliphatic carbocycles. The monoisotopic (exact) mass is 292 g/mol. The summed E-state index contributed by atoms with van der Waals surface area (Å²) in [6.07, 6.45) is 2.35. The largest absolute Gasteiger partial charge is 0.374 e. The fraction of sp³-hybridized carbons (Fsp3) is 0.588. The maximum absolute atomic E-state index is 13.7. The lowest BCUT2D eigenvalue weighted by molar-refractivity contribution is 0.101. The molecule has 1 heterocycles. The van der Waals surface area contributed by atoms with Crippen molar-refractivity contribution in [3.63, 3.8) is 0 Å². The number of carbonyl (C=O) groups excluding carboxylic acids is 1. The predicted octanol–water partition coefficient (Wildman–Crippen LogP) is 3.11. The van der Waals surface area contributed by atoms with Crippen molar-refractivity contribution in [2.24, 2.45) is 5.92 Å². The van der Waals surface area contributed by atoms with Crippen molar-refractivity contribution in [3.05, 3.63) is 29.1 Å². The maximum atomic E-state index is 13.7. The third-order valence-electron chi connectivity index (χ3n) is 4.44. The molecule has 0 bridgehead atoms. The number of hydrogen-bond acceptors (Lipinski definition) is 3. The van der Waals surface area contributed by atoms with Gasteiger partial charge in [-0.1, -0.05) is 0 Å². The van der Waals surface area contributed by atoms with Gasteiger partial charge >= 0.3 is 0 Å². The highest BCUT2D eigenvalue weighted by atomic mass is 19.1. The minimum Gasteiger partial charge on any atom is -0.374 e. The Morgan fingerprint density at radius 2 is 2.00 bits per heavy atom. The van der Waals surface area contributed by atoms with Gasteiger partial charge in [0.25, 0.3) is 0 Å². The minimum atomic E-state index is -0.309. The van der Waals surface area contributed by atoms with Crippen molar-refractivity contribution in [1.82, 2.24) is 4.90 Å².